The molecule has 1 aliphatic rings. The standard InChI is InChI=1S/C14H20N2O/c1-10(14(17)15-2)16-13-9-5-7-11-6-3-4-8-12(11)13/h3-4,6,8,10,13,16H,5,7,9H2,1-2H3,(H,15,17)/p+1/t10-,13-/m0/s1. The Morgan fingerprint density at radius 2 is 2.24 bits per heavy atom. The van der Waals surface area contributed by atoms with E-state index in [0.717, 1.165) is 0 Å². The van der Waals surface area contributed by atoms with Crippen molar-refractivity contribution < 1.29 is 10.1 Å². The number of hydrogen-bond donors (Lipinski definition) is 2. The Morgan fingerprint density at radius 1 is 1.47 bits per heavy atom. The Hall–Kier alpha value is -1.35. The first-order chi connectivity index (χ1) is 8.22. The van der Waals surface area contributed by atoms with Crippen LogP contribution in [-0.2, 0) is 11.2 Å². The van der Waals surface area contributed by atoms with Crippen molar-refractivity contribution >= 4 is 5.91 Å². The maximum atomic E-state index is 11.6. The molecule has 92 valence electrons. The van der Waals surface area contributed by atoms with Crippen LogP contribution in [0.3, 0.4) is 0 Å². The van der Waals surface area contributed by atoms with Gasteiger partial charge in [-0.25, -0.2) is 0 Å². The van der Waals surface area contributed by atoms with Crippen LogP contribution < -0.4 is 10.6 Å². The molecule has 0 saturated heterocycles. The van der Waals surface area contributed by atoms with E-state index < -0.39 is 0 Å². The quantitative estimate of drug-likeness (QED) is 0.795. The normalized spacial score (nSPS) is 20.5. The lowest BCUT2D eigenvalue weighted by atomic mass is 9.87. The fraction of sp³-hybridized carbons (Fsp3) is 0.500. The molecule has 3 N–H and O–H groups in total. The Labute approximate surface area is 103 Å². The Balaban J connectivity index is 2.11. The van der Waals surface area contributed by atoms with E-state index in [2.05, 4.69) is 34.9 Å². The molecule has 0 heterocycles. The Bertz CT molecular complexity index is 403. The molecule has 1 aromatic rings. The van der Waals surface area contributed by atoms with Gasteiger partial charge in [-0.1, -0.05) is 24.3 Å². The number of carbonyl (C=O) groups excluding carboxylic acids is 1. The predicted octanol–water partition coefficient (Wildman–Crippen LogP) is 0.762. The molecule has 1 aromatic carbocycles. The average molecular weight is 233 g/mol. The van der Waals surface area contributed by atoms with Crippen molar-refractivity contribution in [3.05, 3.63) is 35.4 Å². The summed E-state index contributed by atoms with van der Waals surface area (Å²) in [5.74, 6) is 0.105. The molecule has 17 heavy (non-hydrogen) atoms. The topological polar surface area (TPSA) is 45.7 Å². The Morgan fingerprint density at radius 3 is 3.00 bits per heavy atom. The summed E-state index contributed by atoms with van der Waals surface area (Å²) in [6.07, 6.45) is 3.56. The number of likely N-dealkylation sites (N-methyl/N-ethyl adjacent to an activating group) is 1. The molecule has 2 rings (SSSR count). The van der Waals surface area contributed by atoms with Crippen molar-refractivity contribution in [2.75, 3.05) is 7.05 Å². The second-order valence-corrected chi connectivity index (χ2v) is 4.79. The molecule has 0 fully saturated rings. The van der Waals surface area contributed by atoms with E-state index in [1.54, 1.807) is 7.05 Å². The highest BCUT2D eigenvalue weighted by atomic mass is 16.2. The van der Waals surface area contributed by atoms with E-state index >= 15 is 0 Å². The molecule has 0 saturated carbocycles. The molecule has 3 heteroatoms. The lowest BCUT2D eigenvalue weighted by Crippen LogP contribution is -2.92. The third-order valence-electron chi connectivity index (χ3n) is 3.60. The highest BCUT2D eigenvalue weighted by molar-refractivity contribution is 5.79. The maximum absolute atomic E-state index is 11.6. The molecule has 0 aliphatic heterocycles. The molecule has 0 radical (unpaired) electrons. The van der Waals surface area contributed by atoms with Crippen molar-refractivity contribution in [1.82, 2.24) is 5.32 Å². The molecule has 0 bridgehead atoms. The minimum absolute atomic E-state index is 0.0174. The lowest BCUT2D eigenvalue weighted by molar-refractivity contribution is -0.714. The molecule has 1 amide bonds. The number of amides is 1. The van der Waals surface area contributed by atoms with Gasteiger partial charge in [0.2, 0.25) is 0 Å². The fourth-order valence-corrected chi connectivity index (χ4v) is 2.65. The highest BCUT2D eigenvalue weighted by Crippen LogP contribution is 2.26. The van der Waals surface area contributed by atoms with Gasteiger partial charge in [0.1, 0.15) is 6.04 Å². The molecule has 0 unspecified atom stereocenters. The summed E-state index contributed by atoms with van der Waals surface area (Å²) in [5, 5.41) is 4.90. The predicted molar refractivity (Wildman–Crippen MR) is 67.6 cm³/mol. The largest absolute Gasteiger partial charge is 0.354 e. The van der Waals surface area contributed by atoms with E-state index in [9.17, 15) is 4.79 Å². The molecular formula is C14H21N2O+. The number of aryl methyl sites for hydroxylation is 1. The van der Waals surface area contributed by atoms with E-state index in [4.69, 9.17) is 0 Å². The number of nitrogens with one attached hydrogen (secondary N) is 1. The van der Waals surface area contributed by atoms with E-state index in [-0.39, 0.29) is 11.9 Å². The minimum Gasteiger partial charge on any atom is -0.354 e. The Kier molecular flexibility index (Phi) is 3.79. The number of carbonyl (C=O) groups is 1. The van der Waals surface area contributed by atoms with Gasteiger partial charge in [-0.3, -0.25) is 4.79 Å². The van der Waals surface area contributed by atoms with Crippen LogP contribution in [-0.4, -0.2) is 19.0 Å². The van der Waals surface area contributed by atoms with Crippen molar-refractivity contribution in [3.8, 4) is 0 Å². The first-order valence-corrected chi connectivity index (χ1v) is 6.36. The zero-order valence-corrected chi connectivity index (χ0v) is 10.6. The van der Waals surface area contributed by atoms with Crippen LogP contribution in [0, 0.1) is 0 Å². The summed E-state index contributed by atoms with van der Waals surface area (Å²) in [7, 11) is 1.70. The molecule has 3 nitrogen and oxygen atoms in total. The van der Waals surface area contributed by atoms with Gasteiger partial charge in [0.15, 0.2) is 6.04 Å². The van der Waals surface area contributed by atoms with Crippen molar-refractivity contribution in [2.45, 2.75) is 38.3 Å². The lowest BCUT2D eigenvalue weighted by Gasteiger charge is -2.25. The van der Waals surface area contributed by atoms with Crippen LogP contribution in [0.2, 0.25) is 0 Å². The molecule has 0 spiro atoms. The first kappa shape index (κ1) is 12.1. The molecular weight excluding hydrogens is 212 g/mol. The number of fused-ring (bicyclic) bond motifs is 1. The second-order valence-electron chi connectivity index (χ2n) is 4.79. The van der Waals surface area contributed by atoms with Gasteiger partial charge in [0.05, 0.1) is 0 Å². The average Bonchev–Trinajstić information content (AvgIpc) is 2.38. The van der Waals surface area contributed by atoms with Crippen molar-refractivity contribution in [3.63, 3.8) is 0 Å². The second kappa shape index (κ2) is 5.32. The molecule has 0 aromatic heterocycles. The number of rotatable bonds is 3. The summed E-state index contributed by atoms with van der Waals surface area (Å²) in [6, 6.07) is 9.02. The van der Waals surface area contributed by atoms with Gasteiger partial charge in [0.25, 0.3) is 5.91 Å². The zero-order chi connectivity index (χ0) is 12.3. The first-order valence-electron chi connectivity index (χ1n) is 6.36. The smallest absolute Gasteiger partial charge is 0.277 e. The van der Waals surface area contributed by atoms with Gasteiger partial charge in [-0.2, -0.15) is 0 Å². The number of hydrogen-bond acceptors (Lipinski definition) is 1. The number of nitrogens with two attached hydrogens (primary N) is 1. The van der Waals surface area contributed by atoms with Gasteiger partial charge in [-0.15, -0.1) is 0 Å². The van der Waals surface area contributed by atoms with Crippen LogP contribution in [0.5, 0.6) is 0 Å². The third-order valence-corrected chi connectivity index (χ3v) is 3.60. The van der Waals surface area contributed by atoms with E-state index in [1.165, 1.54) is 30.4 Å². The minimum atomic E-state index is -0.0174. The van der Waals surface area contributed by atoms with E-state index in [0.29, 0.717) is 6.04 Å². The third kappa shape index (κ3) is 2.67. The zero-order valence-electron chi connectivity index (χ0n) is 10.6. The van der Waals surface area contributed by atoms with Crippen LogP contribution >= 0.6 is 0 Å². The maximum Gasteiger partial charge on any atom is 0.277 e. The summed E-state index contributed by atoms with van der Waals surface area (Å²) in [6.45, 7) is 1.97. The van der Waals surface area contributed by atoms with Crippen molar-refractivity contribution in [1.29, 1.82) is 0 Å². The summed E-state index contributed by atoms with van der Waals surface area (Å²) in [4.78, 5) is 11.6. The number of benzene rings is 1. The van der Waals surface area contributed by atoms with Gasteiger partial charge >= 0.3 is 0 Å². The summed E-state index contributed by atoms with van der Waals surface area (Å²) in [5.41, 5.74) is 2.86. The van der Waals surface area contributed by atoms with Gasteiger partial charge < -0.3 is 10.6 Å². The van der Waals surface area contributed by atoms with Gasteiger partial charge in [0, 0.05) is 19.0 Å². The monoisotopic (exact) mass is 233 g/mol. The van der Waals surface area contributed by atoms with Crippen LogP contribution in [0.25, 0.3) is 0 Å². The SMILES string of the molecule is CNC(=O)[C@H](C)[NH2+][C@H]1CCCc2ccccc21. The van der Waals surface area contributed by atoms with Crippen LogP contribution in [0.4, 0.5) is 0 Å². The van der Waals surface area contributed by atoms with E-state index in [1.807, 2.05) is 6.92 Å². The van der Waals surface area contributed by atoms with Crippen LogP contribution in [0.15, 0.2) is 24.3 Å². The summed E-state index contributed by atoms with van der Waals surface area (Å²) >= 11 is 0. The van der Waals surface area contributed by atoms with Gasteiger partial charge in [-0.05, 0) is 25.3 Å². The number of quaternary nitrogens is 1. The molecule has 2 atom stereocenters. The highest BCUT2D eigenvalue weighted by Gasteiger charge is 2.26. The van der Waals surface area contributed by atoms with Crippen molar-refractivity contribution in [2.24, 2.45) is 0 Å². The molecule has 1 aliphatic carbocycles. The summed E-state index contributed by atoms with van der Waals surface area (Å²) < 4.78 is 0. The van der Waals surface area contributed by atoms with Crippen LogP contribution in [0.1, 0.15) is 36.9 Å². The fourth-order valence-electron chi connectivity index (χ4n) is 2.65.